The van der Waals surface area contributed by atoms with Crippen molar-refractivity contribution in [2.45, 2.75) is 5.92 Å². The lowest BCUT2D eigenvalue weighted by molar-refractivity contribution is -0.481. The average molecular weight is 491 g/mol. The first kappa shape index (κ1) is 18.3. The number of aryl methyl sites for hydroxylation is 2. The Morgan fingerprint density at radius 3 is 1.78 bits per heavy atom. The standard InChI is InChI=1S/C20H17Br2N3O2/c1-23-9-16(14-7-12(21)3-5-19(14)23)18(11-25(26)27)17-10-24(2)20-6-4-13(22)8-15(17)20/h3-10,18H,11H2,1-2H3. The summed E-state index contributed by atoms with van der Waals surface area (Å²) in [5, 5.41) is 13.6. The van der Waals surface area contributed by atoms with Gasteiger partial charge in [0.15, 0.2) is 0 Å². The highest BCUT2D eigenvalue weighted by Crippen LogP contribution is 2.38. The maximum absolute atomic E-state index is 11.5. The highest BCUT2D eigenvalue weighted by atomic mass is 79.9. The fourth-order valence-electron chi connectivity index (χ4n) is 3.86. The molecule has 4 aromatic rings. The normalized spacial score (nSPS) is 11.7. The predicted molar refractivity (Wildman–Crippen MR) is 115 cm³/mol. The first-order valence-electron chi connectivity index (χ1n) is 8.46. The maximum Gasteiger partial charge on any atom is 0.214 e. The third-order valence-electron chi connectivity index (χ3n) is 5.05. The van der Waals surface area contributed by atoms with Gasteiger partial charge in [-0.05, 0) is 47.5 Å². The monoisotopic (exact) mass is 489 g/mol. The molecule has 0 spiro atoms. The van der Waals surface area contributed by atoms with Gasteiger partial charge in [-0.25, -0.2) is 0 Å². The Labute approximate surface area is 173 Å². The molecule has 0 saturated heterocycles. The quantitative estimate of drug-likeness (QED) is 0.276. The molecular formula is C20H17Br2N3O2. The summed E-state index contributed by atoms with van der Waals surface area (Å²) >= 11 is 7.06. The van der Waals surface area contributed by atoms with E-state index in [1.807, 2.05) is 72.0 Å². The van der Waals surface area contributed by atoms with Gasteiger partial charge < -0.3 is 9.13 Å². The lowest BCUT2D eigenvalue weighted by Crippen LogP contribution is -2.13. The van der Waals surface area contributed by atoms with E-state index >= 15 is 0 Å². The van der Waals surface area contributed by atoms with Crippen LogP contribution in [0.2, 0.25) is 0 Å². The summed E-state index contributed by atoms with van der Waals surface area (Å²) in [5.74, 6) is -0.337. The van der Waals surface area contributed by atoms with Crippen LogP contribution in [0.1, 0.15) is 17.0 Å². The van der Waals surface area contributed by atoms with E-state index in [4.69, 9.17) is 0 Å². The lowest BCUT2D eigenvalue weighted by atomic mass is 9.91. The fraction of sp³-hybridized carbons (Fsp3) is 0.200. The zero-order valence-corrected chi connectivity index (χ0v) is 18.0. The van der Waals surface area contributed by atoms with Crippen LogP contribution < -0.4 is 0 Å². The van der Waals surface area contributed by atoms with Gasteiger partial charge in [0, 0.05) is 62.2 Å². The second-order valence-electron chi connectivity index (χ2n) is 6.78. The van der Waals surface area contributed by atoms with Crippen LogP contribution in [0.25, 0.3) is 21.8 Å². The molecule has 0 atom stereocenters. The molecule has 4 rings (SSSR count). The Hall–Kier alpha value is -2.12. The Morgan fingerprint density at radius 1 is 0.926 bits per heavy atom. The predicted octanol–water partition coefficient (Wildman–Crippen LogP) is 5.60. The minimum atomic E-state index is -0.337. The van der Waals surface area contributed by atoms with Crippen molar-refractivity contribution in [2.24, 2.45) is 14.1 Å². The topological polar surface area (TPSA) is 53.0 Å². The lowest BCUT2D eigenvalue weighted by Gasteiger charge is -2.12. The highest BCUT2D eigenvalue weighted by Gasteiger charge is 2.27. The molecule has 2 aromatic carbocycles. The molecule has 5 nitrogen and oxygen atoms in total. The first-order valence-corrected chi connectivity index (χ1v) is 10.0. The van der Waals surface area contributed by atoms with E-state index in [-0.39, 0.29) is 17.4 Å². The zero-order valence-electron chi connectivity index (χ0n) is 14.8. The van der Waals surface area contributed by atoms with Crippen molar-refractivity contribution in [1.29, 1.82) is 0 Å². The minimum absolute atomic E-state index is 0.156. The Bertz CT molecular complexity index is 1110. The molecular weight excluding hydrogens is 474 g/mol. The average Bonchev–Trinajstić information content (AvgIpc) is 3.10. The second-order valence-corrected chi connectivity index (χ2v) is 8.61. The molecule has 0 unspecified atom stereocenters. The fourth-order valence-corrected chi connectivity index (χ4v) is 4.58. The summed E-state index contributed by atoms with van der Waals surface area (Å²) in [7, 11) is 3.95. The summed E-state index contributed by atoms with van der Waals surface area (Å²) in [5.41, 5.74) is 4.06. The van der Waals surface area contributed by atoms with E-state index in [1.165, 1.54) is 0 Å². The van der Waals surface area contributed by atoms with Crippen molar-refractivity contribution in [2.75, 3.05) is 6.54 Å². The third-order valence-corrected chi connectivity index (χ3v) is 6.03. The third kappa shape index (κ3) is 3.19. The van der Waals surface area contributed by atoms with E-state index in [2.05, 4.69) is 31.9 Å². The summed E-state index contributed by atoms with van der Waals surface area (Å²) in [6.07, 6.45) is 4.03. The van der Waals surface area contributed by atoms with Crippen LogP contribution in [0.3, 0.4) is 0 Å². The van der Waals surface area contributed by atoms with Crippen molar-refractivity contribution >= 4 is 53.7 Å². The van der Waals surface area contributed by atoms with Gasteiger partial charge in [0.1, 0.15) is 0 Å². The van der Waals surface area contributed by atoms with Gasteiger partial charge in [-0.15, -0.1) is 0 Å². The van der Waals surface area contributed by atoms with Crippen LogP contribution in [0.4, 0.5) is 0 Å². The molecule has 0 saturated carbocycles. The molecule has 7 heteroatoms. The number of aromatic nitrogens is 2. The Kier molecular flexibility index (Phi) is 4.60. The molecule has 0 aliphatic carbocycles. The van der Waals surface area contributed by atoms with Gasteiger partial charge in [-0.3, -0.25) is 10.1 Å². The van der Waals surface area contributed by atoms with Crippen molar-refractivity contribution in [1.82, 2.24) is 9.13 Å². The van der Waals surface area contributed by atoms with Crippen LogP contribution in [0.5, 0.6) is 0 Å². The van der Waals surface area contributed by atoms with E-state index < -0.39 is 0 Å². The van der Waals surface area contributed by atoms with Gasteiger partial charge in [0.25, 0.3) is 0 Å². The number of benzene rings is 2. The largest absolute Gasteiger partial charge is 0.350 e. The molecule has 0 aliphatic heterocycles. The smallest absolute Gasteiger partial charge is 0.214 e. The molecule has 2 heterocycles. The van der Waals surface area contributed by atoms with Crippen molar-refractivity contribution in [3.63, 3.8) is 0 Å². The molecule has 138 valence electrons. The number of nitrogens with zero attached hydrogens (tertiary/aromatic N) is 3. The number of fused-ring (bicyclic) bond motifs is 2. The molecule has 0 bridgehead atoms. The van der Waals surface area contributed by atoms with Gasteiger partial charge in [0.05, 0.1) is 5.92 Å². The van der Waals surface area contributed by atoms with Crippen molar-refractivity contribution in [3.8, 4) is 0 Å². The molecule has 2 aromatic heterocycles. The molecule has 27 heavy (non-hydrogen) atoms. The number of halogens is 2. The number of nitro groups is 1. The minimum Gasteiger partial charge on any atom is -0.350 e. The van der Waals surface area contributed by atoms with Crippen molar-refractivity contribution in [3.05, 3.63) is 79.0 Å². The molecule has 0 fully saturated rings. The van der Waals surface area contributed by atoms with Gasteiger partial charge >= 0.3 is 0 Å². The Morgan fingerprint density at radius 2 is 1.37 bits per heavy atom. The molecule has 0 radical (unpaired) electrons. The first-order chi connectivity index (χ1) is 12.8. The molecule has 0 N–H and O–H groups in total. The maximum atomic E-state index is 11.5. The SMILES string of the molecule is Cn1cc(C(C[N+](=O)[O-])c2cn(C)c3ccc(Br)cc23)c2cc(Br)ccc21. The highest BCUT2D eigenvalue weighted by molar-refractivity contribution is 9.10. The number of hydrogen-bond donors (Lipinski definition) is 0. The van der Waals surface area contributed by atoms with Crippen LogP contribution in [-0.4, -0.2) is 20.6 Å². The molecule has 0 aliphatic rings. The van der Waals surface area contributed by atoms with E-state index in [9.17, 15) is 10.1 Å². The van der Waals surface area contributed by atoms with Crippen molar-refractivity contribution < 1.29 is 4.92 Å². The number of rotatable bonds is 4. The van der Waals surface area contributed by atoms with Crippen LogP contribution in [0, 0.1) is 10.1 Å². The summed E-state index contributed by atoms with van der Waals surface area (Å²) < 4.78 is 5.99. The summed E-state index contributed by atoms with van der Waals surface area (Å²) in [6, 6.07) is 12.1. The number of hydrogen-bond acceptors (Lipinski definition) is 2. The summed E-state index contributed by atoms with van der Waals surface area (Å²) in [6.45, 7) is -0.156. The van der Waals surface area contributed by atoms with E-state index in [0.717, 1.165) is 41.9 Å². The van der Waals surface area contributed by atoms with Gasteiger partial charge in [0.2, 0.25) is 6.54 Å². The second kappa shape index (κ2) is 6.80. The van der Waals surface area contributed by atoms with Crippen LogP contribution in [0.15, 0.2) is 57.7 Å². The van der Waals surface area contributed by atoms with Crippen LogP contribution in [-0.2, 0) is 14.1 Å². The zero-order chi connectivity index (χ0) is 19.3. The van der Waals surface area contributed by atoms with Gasteiger partial charge in [-0.2, -0.15) is 0 Å². The Balaban J connectivity index is 2.01. The van der Waals surface area contributed by atoms with E-state index in [0.29, 0.717) is 0 Å². The van der Waals surface area contributed by atoms with E-state index in [1.54, 1.807) is 0 Å². The molecule has 0 amide bonds. The van der Waals surface area contributed by atoms with Crippen LogP contribution >= 0.6 is 31.9 Å². The summed E-state index contributed by atoms with van der Waals surface area (Å²) in [4.78, 5) is 11.3. The van der Waals surface area contributed by atoms with Gasteiger partial charge in [-0.1, -0.05) is 31.9 Å².